The average Bonchev–Trinajstić information content (AvgIpc) is 2.72. The quantitative estimate of drug-likeness (QED) is 0.770. The van der Waals surface area contributed by atoms with Crippen LogP contribution in [0.2, 0.25) is 0 Å². The van der Waals surface area contributed by atoms with Crippen LogP contribution in [0.4, 0.5) is 0 Å². The Hall–Kier alpha value is -0.800. The van der Waals surface area contributed by atoms with Crippen molar-refractivity contribution in [2.75, 3.05) is 13.6 Å². The van der Waals surface area contributed by atoms with E-state index in [0.29, 0.717) is 12.1 Å². The Morgan fingerprint density at radius 3 is 2.67 bits per heavy atom. The smallest absolute Gasteiger partial charge is 0.105 e. The van der Waals surface area contributed by atoms with Crippen molar-refractivity contribution < 1.29 is 4.42 Å². The minimum Gasteiger partial charge on any atom is -0.469 e. The van der Waals surface area contributed by atoms with Crippen LogP contribution in [0, 0.1) is 6.92 Å². The van der Waals surface area contributed by atoms with Crippen LogP contribution in [-0.2, 0) is 6.54 Å². The highest BCUT2D eigenvalue weighted by molar-refractivity contribution is 5.15. The summed E-state index contributed by atoms with van der Waals surface area (Å²) < 4.78 is 5.33. The molecule has 0 aliphatic rings. The van der Waals surface area contributed by atoms with Gasteiger partial charge in [-0.05, 0) is 40.3 Å². The lowest BCUT2D eigenvalue weighted by atomic mass is 10.1. The van der Waals surface area contributed by atoms with Crippen LogP contribution >= 0.6 is 0 Å². The maximum atomic E-state index is 5.33. The van der Waals surface area contributed by atoms with Crippen molar-refractivity contribution in [3.05, 3.63) is 23.7 Å². The molecule has 0 spiro atoms. The van der Waals surface area contributed by atoms with Crippen LogP contribution in [-0.4, -0.2) is 30.6 Å². The van der Waals surface area contributed by atoms with Crippen LogP contribution < -0.4 is 5.32 Å². The highest BCUT2D eigenvalue weighted by atomic mass is 16.3. The number of nitrogens with zero attached hydrogens (tertiary/aromatic N) is 1. The van der Waals surface area contributed by atoms with Crippen LogP contribution in [0.5, 0.6) is 0 Å². The highest BCUT2D eigenvalue weighted by Crippen LogP contribution is 2.12. The van der Waals surface area contributed by atoms with Crippen molar-refractivity contribution in [1.29, 1.82) is 0 Å². The van der Waals surface area contributed by atoms with Crippen molar-refractivity contribution in [2.45, 2.75) is 59.2 Å². The number of rotatable bonds is 8. The summed E-state index contributed by atoms with van der Waals surface area (Å²) in [5, 5.41) is 3.59. The van der Waals surface area contributed by atoms with Gasteiger partial charge in [-0.2, -0.15) is 0 Å². The van der Waals surface area contributed by atoms with Gasteiger partial charge >= 0.3 is 0 Å². The fourth-order valence-corrected chi connectivity index (χ4v) is 2.06. The van der Waals surface area contributed by atoms with E-state index in [1.165, 1.54) is 18.4 Å². The summed E-state index contributed by atoms with van der Waals surface area (Å²) in [5.41, 5.74) is 1.28. The molecule has 0 aliphatic heterocycles. The first-order valence-electron chi connectivity index (χ1n) is 7.01. The van der Waals surface area contributed by atoms with E-state index in [-0.39, 0.29) is 0 Å². The fraction of sp³-hybridized carbons (Fsp3) is 0.733. The van der Waals surface area contributed by atoms with Crippen molar-refractivity contribution >= 4 is 0 Å². The Bertz CT molecular complexity index is 335. The number of furan rings is 1. The molecule has 2 atom stereocenters. The summed E-state index contributed by atoms with van der Waals surface area (Å²) in [5.74, 6) is 1.03. The number of nitrogens with one attached hydrogen (secondary N) is 1. The third-order valence-corrected chi connectivity index (χ3v) is 3.62. The van der Waals surface area contributed by atoms with E-state index >= 15 is 0 Å². The Labute approximate surface area is 112 Å². The topological polar surface area (TPSA) is 28.4 Å². The average molecular weight is 252 g/mol. The lowest BCUT2D eigenvalue weighted by Crippen LogP contribution is -2.40. The molecule has 0 aliphatic carbocycles. The van der Waals surface area contributed by atoms with E-state index in [0.717, 1.165) is 18.8 Å². The number of aryl methyl sites for hydroxylation is 1. The molecule has 1 heterocycles. The second-order valence-electron chi connectivity index (χ2n) is 5.36. The van der Waals surface area contributed by atoms with Gasteiger partial charge in [-0.1, -0.05) is 13.3 Å². The van der Waals surface area contributed by atoms with E-state index in [9.17, 15) is 0 Å². The van der Waals surface area contributed by atoms with Gasteiger partial charge in [-0.25, -0.2) is 0 Å². The predicted octanol–water partition coefficient (Wildman–Crippen LogP) is 3.19. The highest BCUT2D eigenvalue weighted by Gasteiger charge is 2.12. The second-order valence-corrected chi connectivity index (χ2v) is 5.36. The van der Waals surface area contributed by atoms with Gasteiger partial charge in [-0.15, -0.1) is 0 Å². The molecule has 0 saturated carbocycles. The molecular formula is C15H28N2O. The lowest BCUT2D eigenvalue weighted by Gasteiger charge is -2.26. The molecule has 1 N–H and O–H groups in total. The molecule has 0 fully saturated rings. The second kappa shape index (κ2) is 7.59. The number of likely N-dealkylation sites (N-methyl/N-ethyl adjacent to an activating group) is 1. The molecule has 0 amide bonds. The Morgan fingerprint density at radius 2 is 2.11 bits per heavy atom. The summed E-state index contributed by atoms with van der Waals surface area (Å²) in [6, 6.07) is 3.20. The van der Waals surface area contributed by atoms with Gasteiger partial charge in [0.2, 0.25) is 0 Å². The SMILES string of the molecule is CCCC(C)NCC(C)N(C)Cc1ccoc1C. The molecule has 3 nitrogen and oxygen atoms in total. The van der Waals surface area contributed by atoms with Gasteiger partial charge in [-0.3, -0.25) is 4.90 Å². The van der Waals surface area contributed by atoms with Crippen LogP contribution in [0.25, 0.3) is 0 Å². The Balaban J connectivity index is 2.33. The van der Waals surface area contributed by atoms with Gasteiger partial charge in [0.15, 0.2) is 0 Å². The van der Waals surface area contributed by atoms with E-state index < -0.39 is 0 Å². The Kier molecular flexibility index (Phi) is 6.44. The zero-order chi connectivity index (χ0) is 13.5. The molecule has 1 rings (SSSR count). The predicted molar refractivity (Wildman–Crippen MR) is 76.7 cm³/mol. The monoisotopic (exact) mass is 252 g/mol. The largest absolute Gasteiger partial charge is 0.469 e. The zero-order valence-corrected chi connectivity index (χ0v) is 12.5. The number of hydrogen-bond donors (Lipinski definition) is 1. The van der Waals surface area contributed by atoms with Crippen LogP contribution in [0.3, 0.4) is 0 Å². The first kappa shape index (κ1) is 15.3. The molecular weight excluding hydrogens is 224 g/mol. The van der Waals surface area contributed by atoms with E-state index in [1.54, 1.807) is 6.26 Å². The van der Waals surface area contributed by atoms with Crippen LogP contribution in [0.1, 0.15) is 44.9 Å². The molecule has 0 aromatic carbocycles. The summed E-state index contributed by atoms with van der Waals surface area (Å²) in [6.45, 7) is 10.8. The van der Waals surface area contributed by atoms with Gasteiger partial charge in [0.05, 0.1) is 6.26 Å². The molecule has 3 heteroatoms. The first-order chi connectivity index (χ1) is 8.54. The van der Waals surface area contributed by atoms with Gasteiger partial charge < -0.3 is 9.73 Å². The van der Waals surface area contributed by atoms with Crippen molar-refractivity contribution in [3.8, 4) is 0 Å². The standard InChI is InChI=1S/C15H28N2O/c1-6-7-12(2)16-10-13(3)17(5)11-15-8-9-18-14(15)4/h8-9,12-13,16H,6-7,10-11H2,1-5H3. The Morgan fingerprint density at radius 1 is 1.39 bits per heavy atom. The molecule has 0 bridgehead atoms. The number of hydrogen-bond acceptors (Lipinski definition) is 3. The van der Waals surface area contributed by atoms with E-state index in [2.05, 4.69) is 44.1 Å². The molecule has 2 unspecified atom stereocenters. The first-order valence-corrected chi connectivity index (χ1v) is 7.01. The third-order valence-electron chi connectivity index (χ3n) is 3.62. The molecule has 1 aromatic rings. The van der Waals surface area contributed by atoms with Crippen molar-refractivity contribution in [1.82, 2.24) is 10.2 Å². The maximum absolute atomic E-state index is 5.33. The molecule has 1 aromatic heterocycles. The van der Waals surface area contributed by atoms with E-state index in [1.807, 2.05) is 6.92 Å². The van der Waals surface area contributed by atoms with Gasteiger partial charge in [0.1, 0.15) is 5.76 Å². The maximum Gasteiger partial charge on any atom is 0.105 e. The minimum atomic E-state index is 0.526. The summed E-state index contributed by atoms with van der Waals surface area (Å²) >= 11 is 0. The normalized spacial score (nSPS) is 15.0. The summed E-state index contributed by atoms with van der Waals surface area (Å²) in [4.78, 5) is 2.36. The molecule has 104 valence electrons. The zero-order valence-electron chi connectivity index (χ0n) is 12.5. The van der Waals surface area contributed by atoms with Gasteiger partial charge in [0.25, 0.3) is 0 Å². The van der Waals surface area contributed by atoms with Gasteiger partial charge in [0, 0.05) is 30.7 Å². The lowest BCUT2D eigenvalue weighted by molar-refractivity contribution is 0.236. The van der Waals surface area contributed by atoms with Crippen molar-refractivity contribution in [2.24, 2.45) is 0 Å². The van der Waals surface area contributed by atoms with E-state index in [4.69, 9.17) is 4.42 Å². The third kappa shape index (κ3) is 4.83. The summed E-state index contributed by atoms with van der Waals surface area (Å²) in [6.07, 6.45) is 4.26. The van der Waals surface area contributed by atoms with Crippen molar-refractivity contribution in [3.63, 3.8) is 0 Å². The van der Waals surface area contributed by atoms with Crippen LogP contribution in [0.15, 0.2) is 16.7 Å². The molecule has 18 heavy (non-hydrogen) atoms. The molecule has 0 saturated heterocycles. The molecule has 0 radical (unpaired) electrons. The minimum absolute atomic E-state index is 0.526. The fourth-order valence-electron chi connectivity index (χ4n) is 2.06. The summed E-state index contributed by atoms with van der Waals surface area (Å²) in [7, 11) is 2.17.